The van der Waals surface area contributed by atoms with Gasteiger partial charge >= 0.3 is 0 Å². The van der Waals surface area contributed by atoms with Crippen molar-refractivity contribution in [1.82, 2.24) is 19.9 Å². The second-order valence-electron chi connectivity index (χ2n) is 7.88. The van der Waals surface area contributed by atoms with Crippen molar-refractivity contribution < 1.29 is 0 Å². The van der Waals surface area contributed by atoms with E-state index < -0.39 is 0 Å². The molecule has 3 aromatic rings. The highest BCUT2D eigenvalue weighted by Crippen LogP contribution is 2.23. The summed E-state index contributed by atoms with van der Waals surface area (Å²) in [7, 11) is 7.79. The molecule has 0 spiro atoms. The molecule has 156 valence electrons. The molecule has 0 unspecified atom stereocenters. The van der Waals surface area contributed by atoms with E-state index in [1.807, 2.05) is 39.2 Å². The lowest BCUT2D eigenvalue weighted by Gasteiger charge is -2.20. The van der Waals surface area contributed by atoms with Crippen LogP contribution in [0.15, 0.2) is 41.3 Å². The first-order chi connectivity index (χ1) is 14.4. The fraction of sp³-hybridized carbons (Fsp3) is 0.364. The Bertz CT molecular complexity index is 1090. The molecule has 8 heteroatoms. The van der Waals surface area contributed by atoms with Crippen molar-refractivity contribution in [2.45, 2.75) is 12.8 Å². The first-order valence-electron chi connectivity index (χ1n) is 10.1. The van der Waals surface area contributed by atoms with Crippen LogP contribution in [0, 0.1) is 0 Å². The Morgan fingerprint density at radius 3 is 2.37 bits per heavy atom. The molecule has 0 saturated carbocycles. The van der Waals surface area contributed by atoms with E-state index >= 15 is 0 Å². The van der Waals surface area contributed by atoms with Crippen molar-refractivity contribution in [3.8, 4) is 11.3 Å². The number of hydrogen-bond donors (Lipinski definition) is 1. The molecule has 1 aliphatic rings. The molecule has 0 bridgehead atoms. The fourth-order valence-electron chi connectivity index (χ4n) is 3.60. The molecule has 0 fully saturated rings. The Morgan fingerprint density at radius 2 is 1.67 bits per heavy atom. The minimum absolute atomic E-state index is 0.0544. The Hall–Kier alpha value is -3.42. The summed E-state index contributed by atoms with van der Waals surface area (Å²) in [5.74, 6) is 1.27. The maximum Gasteiger partial charge on any atom is 0.255 e. The summed E-state index contributed by atoms with van der Waals surface area (Å²) in [6.07, 6.45) is 3.10. The van der Waals surface area contributed by atoms with E-state index in [0.29, 0.717) is 31.3 Å². The second-order valence-corrected chi connectivity index (χ2v) is 7.88. The van der Waals surface area contributed by atoms with Gasteiger partial charge in [0.15, 0.2) is 0 Å². The number of hydrogen-bond acceptors (Lipinski definition) is 7. The number of rotatable bonds is 4. The molecule has 1 aromatic carbocycles. The third-order valence-corrected chi connectivity index (χ3v) is 5.37. The summed E-state index contributed by atoms with van der Waals surface area (Å²) in [6.45, 7) is 1.40. The fourth-order valence-corrected chi connectivity index (χ4v) is 3.60. The van der Waals surface area contributed by atoms with E-state index in [1.165, 1.54) is 0 Å². The summed E-state index contributed by atoms with van der Waals surface area (Å²) in [4.78, 5) is 35.4. The summed E-state index contributed by atoms with van der Waals surface area (Å²) >= 11 is 0. The van der Waals surface area contributed by atoms with Gasteiger partial charge in [-0.25, -0.2) is 15.0 Å². The Balaban J connectivity index is 1.57. The molecule has 4 rings (SSSR count). The van der Waals surface area contributed by atoms with Crippen LogP contribution in [0.2, 0.25) is 0 Å². The zero-order chi connectivity index (χ0) is 21.3. The smallest absolute Gasteiger partial charge is 0.255 e. The van der Waals surface area contributed by atoms with Crippen molar-refractivity contribution >= 4 is 17.6 Å². The van der Waals surface area contributed by atoms with Gasteiger partial charge in [-0.15, -0.1) is 0 Å². The zero-order valence-corrected chi connectivity index (χ0v) is 17.9. The lowest BCUT2D eigenvalue weighted by molar-refractivity contribution is 0.769. The van der Waals surface area contributed by atoms with Crippen LogP contribution in [-0.2, 0) is 12.8 Å². The topological polar surface area (TPSA) is 81.3 Å². The third kappa shape index (κ3) is 3.98. The lowest BCUT2D eigenvalue weighted by atomic mass is 10.1. The van der Waals surface area contributed by atoms with Gasteiger partial charge in [0.05, 0.1) is 11.4 Å². The number of H-pyrrole nitrogens is 1. The summed E-state index contributed by atoms with van der Waals surface area (Å²) < 4.78 is 0. The third-order valence-electron chi connectivity index (χ3n) is 5.37. The molecular formula is C22H27N7O. The SMILES string of the molecule is CN(C)c1ccc(-c2ccnc(N3CCc4nc(N(C)C)[nH]c(=O)c4CC3)n2)cc1. The predicted octanol–water partition coefficient (Wildman–Crippen LogP) is 1.96. The number of nitrogens with one attached hydrogen (secondary N) is 1. The van der Waals surface area contributed by atoms with Crippen molar-refractivity contribution in [2.75, 3.05) is 56.0 Å². The number of fused-ring (bicyclic) bond motifs is 1. The Morgan fingerprint density at radius 1 is 0.933 bits per heavy atom. The van der Waals surface area contributed by atoms with Gasteiger partial charge in [-0.05, 0) is 24.6 Å². The van der Waals surface area contributed by atoms with E-state index in [0.717, 1.165) is 34.7 Å². The first-order valence-corrected chi connectivity index (χ1v) is 10.1. The first kappa shape index (κ1) is 19.9. The van der Waals surface area contributed by atoms with Crippen LogP contribution in [0.5, 0.6) is 0 Å². The van der Waals surface area contributed by atoms with E-state index in [-0.39, 0.29) is 5.56 Å². The van der Waals surface area contributed by atoms with Crippen LogP contribution in [0.25, 0.3) is 11.3 Å². The normalized spacial score (nSPS) is 13.5. The highest BCUT2D eigenvalue weighted by atomic mass is 16.1. The van der Waals surface area contributed by atoms with Crippen LogP contribution in [0.1, 0.15) is 11.3 Å². The second kappa shape index (κ2) is 8.14. The van der Waals surface area contributed by atoms with Crippen LogP contribution in [0.4, 0.5) is 17.6 Å². The predicted molar refractivity (Wildman–Crippen MR) is 121 cm³/mol. The van der Waals surface area contributed by atoms with E-state index in [1.54, 1.807) is 6.20 Å². The van der Waals surface area contributed by atoms with Gasteiger partial charge < -0.3 is 14.7 Å². The van der Waals surface area contributed by atoms with Crippen molar-refractivity contribution in [3.63, 3.8) is 0 Å². The monoisotopic (exact) mass is 405 g/mol. The van der Waals surface area contributed by atoms with Gasteiger partial charge in [0, 0.05) is 70.7 Å². The number of benzene rings is 1. The van der Waals surface area contributed by atoms with E-state index in [2.05, 4.69) is 49.0 Å². The zero-order valence-electron chi connectivity index (χ0n) is 17.9. The molecule has 3 heterocycles. The molecule has 0 atom stereocenters. The van der Waals surface area contributed by atoms with Crippen molar-refractivity contribution in [3.05, 3.63) is 58.1 Å². The van der Waals surface area contributed by atoms with Gasteiger partial charge in [0.25, 0.3) is 5.56 Å². The molecular weight excluding hydrogens is 378 g/mol. The molecule has 30 heavy (non-hydrogen) atoms. The van der Waals surface area contributed by atoms with Gasteiger partial charge in [-0.3, -0.25) is 9.78 Å². The maximum atomic E-state index is 12.5. The molecule has 0 amide bonds. The highest BCUT2D eigenvalue weighted by molar-refractivity contribution is 5.63. The Labute approximate surface area is 176 Å². The standard InChI is InChI=1S/C22H27N7O/c1-27(2)16-7-5-15(6-8-16)18-9-12-23-21(24-18)29-13-10-17-19(11-14-29)25-22(28(3)4)26-20(17)30/h5-9,12H,10-11,13-14H2,1-4H3,(H,25,26,30). The van der Waals surface area contributed by atoms with E-state index in [4.69, 9.17) is 4.98 Å². The minimum Gasteiger partial charge on any atom is -0.378 e. The average Bonchev–Trinajstić information content (AvgIpc) is 2.97. The van der Waals surface area contributed by atoms with Gasteiger partial charge in [0.1, 0.15) is 0 Å². The number of anilines is 3. The summed E-state index contributed by atoms with van der Waals surface area (Å²) in [6, 6.07) is 10.2. The van der Waals surface area contributed by atoms with Crippen LogP contribution in [0.3, 0.4) is 0 Å². The summed E-state index contributed by atoms with van der Waals surface area (Å²) in [5, 5.41) is 0. The maximum absolute atomic E-state index is 12.5. The molecule has 8 nitrogen and oxygen atoms in total. The molecule has 1 N–H and O–H groups in total. The van der Waals surface area contributed by atoms with E-state index in [9.17, 15) is 4.79 Å². The molecule has 1 aliphatic heterocycles. The number of aromatic nitrogens is 4. The largest absolute Gasteiger partial charge is 0.378 e. The summed E-state index contributed by atoms with van der Waals surface area (Å²) in [5.41, 5.74) is 4.65. The molecule has 0 radical (unpaired) electrons. The minimum atomic E-state index is -0.0544. The number of nitrogens with zero attached hydrogens (tertiary/aromatic N) is 6. The molecule has 2 aromatic heterocycles. The number of aromatic amines is 1. The van der Waals surface area contributed by atoms with Crippen LogP contribution in [-0.4, -0.2) is 61.2 Å². The van der Waals surface area contributed by atoms with Gasteiger partial charge in [0.2, 0.25) is 11.9 Å². The average molecular weight is 406 g/mol. The van der Waals surface area contributed by atoms with Gasteiger partial charge in [-0.2, -0.15) is 0 Å². The molecule has 0 aliphatic carbocycles. The van der Waals surface area contributed by atoms with Crippen molar-refractivity contribution in [2.24, 2.45) is 0 Å². The molecule has 0 saturated heterocycles. The van der Waals surface area contributed by atoms with Gasteiger partial charge in [-0.1, -0.05) is 12.1 Å². The Kier molecular flexibility index (Phi) is 5.39. The lowest BCUT2D eigenvalue weighted by Crippen LogP contribution is -2.28. The van der Waals surface area contributed by atoms with Crippen LogP contribution >= 0.6 is 0 Å². The van der Waals surface area contributed by atoms with Crippen LogP contribution < -0.4 is 20.3 Å². The van der Waals surface area contributed by atoms with Crippen molar-refractivity contribution in [1.29, 1.82) is 0 Å². The highest BCUT2D eigenvalue weighted by Gasteiger charge is 2.21. The quantitative estimate of drug-likeness (QED) is 0.711.